The fourth-order valence-electron chi connectivity index (χ4n) is 4.86. The molecule has 3 amide bonds. The summed E-state index contributed by atoms with van der Waals surface area (Å²) in [6, 6.07) is 14.4. The van der Waals surface area contributed by atoms with Crippen LogP contribution in [-0.4, -0.2) is 60.3 Å². The van der Waals surface area contributed by atoms with Gasteiger partial charge in [0.2, 0.25) is 5.91 Å². The van der Waals surface area contributed by atoms with Gasteiger partial charge in [0, 0.05) is 29.2 Å². The van der Waals surface area contributed by atoms with Crippen LogP contribution in [0.15, 0.2) is 48.5 Å². The number of ether oxygens (including phenoxy) is 1. The van der Waals surface area contributed by atoms with Crippen molar-refractivity contribution in [3.8, 4) is 0 Å². The standard InChI is InChI=1S/C27H35ClN4O5/c1-2-18-7-9-19(10-8-18)31-26(36)37-17-27(23(24(30)34)20-5-3-4-6-21(20)28)12-15-32(16-13-27)25(35)22(33)11-14-29/h3-10,22-23,33H,2,11-17,29H2,1H3,(H2,30,34)(H,31,36). The molecule has 1 heterocycles. The second-order valence-corrected chi connectivity index (χ2v) is 9.80. The Morgan fingerprint density at radius 2 is 1.78 bits per heavy atom. The van der Waals surface area contributed by atoms with E-state index < -0.39 is 35.3 Å². The van der Waals surface area contributed by atoms with E-state index in [9.17, 15) is 19.5 Å². The maximum atomic E-state index is 12.8. The number of rotatable bonds is 10. The van der Waals surface area contributed by atoms with Gasteiger partial charge < -0.3 is 26.2 Å². The van der Waals surface area contributed by atoms with Gasteiger partial charge in [0.1, 0.15) is 12.7 Å². The smallest absolute Gasteiger partial charge is 0.411 e. The molecule has 2 unspecified atom stereocenters. The van der Waals surface area contributed by atoms with Gasteiger partial charge in [-0.15, -0.1) is 0 Å². The predicted octanol–water partition coefficient (Wildman–Crippen LogP) is 3.04. The highest BCUT2D eigenvalue weighted by Gasteiger charge is 2.48. The largest absolute Gasteiger partial charge is 0.449 e. The Balaban J connectivity index is 1.82. The first-order valence-electron chi connectivity index (χ1n) is 12.4. The molecule has 9 nitrogen and oxygen atoms in total. The minimum Gasteiger partial charge on any atom is -0.449 e. The molecule has 0 radical (unpaired) electrons. The number of benzene rings is 2. The fourth-order valence-corrected chi connectivity index (χ4v) is 5.11. The quantitative estimate of drug-likeness (QED) is 0.371. The summed E-state index contributed by atoms with van der Waals surface area (Å²) in [5.74, 6) is -1.87. The molecule has 1 aliphatic heterocycles. The molecule has 1 fully saturated rings. The van der Waals surface area contributed by atoms with Crippen LogP contribution in [-0.2, 0) is 20.7 Å². The molecular formula is C27H35ClN4O5. The number of aliphatic hydroxyl groups excluding tert-OH is 1. The van der Waals surface area contributed by atoms with E-state index in [1.165, 1.54) is 0 Å². The number of aryl methyl sites for hydroxylation is 1. The molecule has 10 heteroatoms. The van der Waals surface area contributed by atoms with Crippen LogP contribution in [0.5, 0.6) is 0 Å². The number of nitrogens with one attached hydrogen (secondary N) is 1. The summed E-state index contributed by atoms with van der Waals surface area (Å²) in [4.78, 5) is 39.7. The molecule has 0 aliphatic carbocycles. The number of carbonyl (C=O) groups excluding carboxylic acids is 3. The monoisotopic (exact) mass is 530 g/mol. The minimum atomic E-state index is -1.19. The summed E-state index contributed by atoms with van der Waals surface area (Å²) in [5, 5.41) is 13.2. The summed E-state index contributed by atoms with van der Waals surface area (Å²) in [6.45, 7) is 2.61. The normalized spacial score (nSPS) is 16.5. The molecule has 2 atom stereocenters. The number of nitrogens with two attached hydrogens (primary N) is 2. The van der Waals surface area contributed by atoms with E-state index in [-0.39, 0.29) is 32.7 Å². The Hall–Kier alpha value is -3.14. The summed E-state index contributed by atoms with van der Waals surface area (Å²) >= 11 is 6.46. The average molecular weight is 531 g/mol. The minimum absolute atomic E-state index is 0.113. The number of halogens is 1. The SMILES string of the molecule is CCc1ccc(NC(=O)OCC2(C(C(N)=O)c3ccccc3Cl)CCN(C(=O)C(O)CCN)CC2)cc1. The zero-order valence-corrected chi connectivity index (χ0v) is 21.7. The van der Waals surface area contributed by atoms with Crippen molar-refractivity contribution in [1.29, 1.82) is 0 Å². The van der Waals surface area contributed by atoms with Crippen molar-refractivity contribution in [2.45, 2.75) is 44.6 Å². The lowest BCUT2D eigenvalue weighted by Gasteiger charge is -2.45. The third-order valence-electron chi connectivity index (χ3n) is 7.01. The van der Waals surface area contributed by atoms with Crippen LogP contribution < -0.4 is 16.8 Å². The first kappa shape index (κ1) is 28.4. The average Bonchev–Trinajstić information content (AvgIpc) is 2.89. The molecule has 1 aliphatic rings. The van der Waals surface area contributed by atoms with Crippen LogP contribution in [0.3, 0.4) is 0 Å². The van der Waals surface area contributed by atoms with Crippen molar-refractivity contribution in [1.82, 2.24) is 4.90 Å². The second kappa shape index (κ2) is 12.9. The zero-order valence-electron chi connectivity index (χ0n) is 21.0. The Kier molecular flexibility index (Phi) is 9.91. The lowest BCUT2D eigenvalue weighted by Crippen LogP contribution is -2.52. The molecule has 0 spiro atoms. The summed E-state index contributed by atoms with van der Waals surface area (Å²) in [6.07, 6.45) is -0.187. The predicted molar refractivity (Wildman–Crippen MR) is 142 cm³/mol. The van der Waals surface area contributed by atoms with Crippen LogP contribution >= 0.6 is 11.6 Å². The molecule has 1 saturated heterocycles. The van der Waals surface area contributed by atoms with E-state index in [0.717, 1.165) is 12.0 Å². The van der Waals surface area contributed by atoms with Crippen LogP contribution in [0.2, 0.25) is 5.02 Å². The molecule has 6 N–H and O–H groups in total. The zero-order chi connectivity index (χ0) is 27.0. The van der Waals surface area contributed by atoms with Crippen molar-refractivity contribution in [3.63, 3.8) is 0 Å². The molecule has 2 aromatic rings. The number of piperidine rings is 1. The Morgan fingerprint density at radius 3 is 2.35 bits per heavy atom. The Labute approximate surface area is 222 Å². The van der Waals surface area contributed by atoms with Gasteiger partial charge in [-0.05, 0) is 61.6 Å². The molecule has 200 valence electrons. The fraction of sp³-hybridized carbons (Fsp3) is 0.444. The number of primary amides is 1. The van der Waals surface area contributed by atoms with Crippen molar-refractivity contribution in [2.75, 3.05) is 31.6 Å². The maximum absolute atomic E-state index is 12.8. The summed E-state index contributed by atoms with van der Waals surface area (Å²) in [5.41, 5.74) is 12.7. The third kappa shape index (κ3) is 7.00. The van der Waals surface area contributed by atoms with Crippen LogP contribution in [0.1, 0.15) is 43.2 Å². The topological polar surface area (TPSA) is 148 Å². The molecular weight excluding hydrogens is 496 g/mol. The first-order valence-corrected chi connectivity index (χ1v) is 12.8. The molecule has 3 rings (SSSR count). The van der Waals surface area contributed by atoms with E-state index in [0.29, 0.717) is 29.1 Å². The molecule has 0 saturated carbocycles. The van der Waals surface area contributed by atoms with Gasteiger partial charge in [0.25, 0.3) is 5.91 Å². The number of likely N-dealkylation sites (tertiary alicyclic amines) is 1. The third-order valence-corrected chi connectivity index (χ3v) is 7.35. The number of nitrogens with zero attached hydrogens (tertiary/aromatic N) is 1. The van der Waals surface area contributed by atoms with Gasteiger partial charge >= 0.3 is 6.09 Å². The van der Waals surface area contributed by atoms with Gasteiger partial charge in [-0.1, -0.05) is 48.9 Å². The molecule has 0 bridgehead atoms. The van der Waals surface area contributed by atoms with Crippen LogP contribution in [0.25, 0.3) is 0 Å². The van der Waals surface area contributed by atoms with Crippen molar-refractivity contribution < 1.29 is 24.2 Å². The number of hydrogen-bond acceptors (Lipinski definition) is 6. The van der Waals surface area contributed by atoms with E-state index in [1.807, 2.05) is 19.1 Å². The molecule has 2 aromatic carbocycles. The Bertz CT molecular complexity index is 1090. The number of amides is 3. The molecule has 0 aromatic heterocycles. The van der Waals surface area contributed by atoms with E-state index >= 15 is 0 Å². The highest BCUT2D eigenvalue weighted by Crippen LogP contribution is 2.46. The lowest BCUT2D eigenvalue weighted by molar-refractivity contribution is -0.144. The number of carbonyl (C=O) groups is 3. The second-order valence-electron chi connectivity index (χ2n) is 9.39. The highest BCUT2D eigenvalue weighted by atomic mass is 35.5. The van der Waals surface area contributed by atoms with E-state index in [4.69, 9.17) is 27.8 Å². The maximum Gasteiger partial charge on any atom is 0.411 e. The van der Waals surface area contributed by atoms with E-state index in [1.54, 1.807) is 41.3 Å². The lowest BCUT2D eigenvalue weighted by atomic mass is 9.66. The summed E-state index contributed by atoms with van der Waals surface area (Å²) in [7, 11) is 0. The van der Waals surface area contributed by atoms with Crippen LogP contribution in [0.4, 0.5) is 10.5 Å². The number of aliphatic hydroxyl groups is 1. The van der Waals surface area contributed by atoms with E-state index in [2.05, 4.69) is 5.32 Å². The highest BCUT2D eigenvalue weighted by molar-refractivity contribution is 6.31. The first-order chi connectivity index (χ1) is 17.7. The van der Waals surface area contributed by atoms with Crippen LogP contribution in [0, 0.1) is 5.41 Å². The van der Waals surface area contributed by atoms with Gasteiger partial charge in [-0.25, -0.2) is 4.79 Å². The van der Waals surface area contributed by atoms with Gasteiger partial charge in [-0.3, -0.25) is 14.9 Å². The molecule has 37 heavy (non-hydrogen) atoms. The van der Waals surface area contributed by atoms with Gasteiger partial charge in [0.05, 0.1) is 5.92 Å². The van der Waals surface area contributed by atoms with Gasteiger partial charge in [0.15, 0.2) is 0 Å². The number of hydrogen-bond donors (Lipinski definition) is 4. The van der Waals surface area contributed by atoms with Crippen molar-refractivity contribution >= 4 is 35.2 Å². The van der Waals surface area contributed by atoms with Crippen molar-refractivity contribution in [2.24, 2.45) is 16.9 Å². The van der Waals surface area contributed by atoms with Gasteiger partial charge in [-0.2, -0.15) is 0 Å². The Morgan fingerprint density at radius 1 is 1.14 bits per heavy atom. The number of anilines is 1. The summed E-state index contributed by atoms with van der Waals surface area (Å²) < 4.78 is 5.65. The van der Waals surface area contributed by atoms with Crippen molar-refractivity contribution in [3.05, 3.63) is 64.7 Å².